The molecular formula is C9H9F3N2. The summed E-state index contributed by atoms with van der Waals surface area (Å²) in [5.41, 5.74) is -0.511. The van der Waals surface area contributed by atoms with Crippen LogP contribution in [0.2, 0.25) is 0 Å². The van der Waals surface area contributed by atoms with Gasteiger partial charge in [0.05, 0.1) is 17.3 Å². The van der Waals surface area contributed by atoms with Crippen LogP contribution in [0.5, 0.6) is 0 Å². The standard InChI is InChI=1S/C9H9F3N2/c10-9(11,12)6-2-1-4-14-8(6)7-3-5-13-7/h1-2,4,7,13H,3,5H2. The third kappa shape index (κ3) is 1.59. The van der Waals surface area contributed by atoms with E-state index in [0.29, 0.717) is 0 Å². The summed E-state index contributed by atoms with van der Waals surface area (Å²) in [5, 5.41) is 2.91. The fourth-order valence-corrected chi connectivity index (χ4v) is 1.46. The highest BCUT2D eigenvalue weighted by molar-refractivity contribution is 5.26. The third-order valence-corrected chi connectivity index (χ3v) is 2.30. The first-order chi connectivity index (χ1) is 6.59. The van der Waals surface area contributed by atoms with Gasteiger partial charge in [0, 0.05) is 6.20 Å². The Morgan fingerprint density at radius 3 is 2.64 bits per heavy atom. The highest BCUT2D eigenvalue weighted by Gasteiger charge is 2.37. The second-order valence-electron chi connectivity index (χ2n) is 3.23. The van der Waals surface area contributed by atoms with E-state index in [2.05, 4.69) is 10.3 Å². The number of rotatable bonds is 1. The Labute approximate surface area is 79.2 Å². The lowest BCUT2D eigenvalue weighted by Gasteiger charge is -2.28. The molecule has 0 radical (unpaired) electrons. The van der Waals surface area contributed by atoms with Crippen LogP contribution in [0.1, 0.15) is 23.7 Å². The number of nitrogens with zero attached hydrogens (tertiary/aromatic N) is 1. The van der Waals surface area contributed by atoms with Gasteiger partial charge >= 0.3 is 6.18 Å². The molecule has 1 atom stereocenters. The molecule has 5 heteroatoms. The SMILES string of the molecule is FC(F)(F)c1cccnc1C1CCN1. The molecule has 0 saturated carbocycles. The maximum atomic E-state index is 12.5. The summed E-state index contributed by atoms with van der Waals surface area (Å²) in [6.45, 7) is 0.762. The van der Waals surface area contributed by atoms with E-state index >= 15 is 0 Å². The summed E-state index contributed by atoms with van der Waals surface area (Å²) in [4.78, 5) is 3.78. The van der Waals surface area contributed by atoms with Gasteiger partial charge in [0.25, 0.3) is 0 Å². The van der Waals surface area contributed by atoms with Crippen LogP contribution in [0.3, 0.4) is 0 Å². The second kappa shape index (κ2) is 3.24. The number of pyridine rings is 1. The molecule has 1 saturated heterocycles. The van der Waals surface area contributed by atoms with Crippen molar-refractivity contribution in [3.05, 3.63) is 29.6 Å². The van der Waals surface area contributed by atoms with Crippen LogP contribution >= 0.6 is 0 Å². The lowest BCUT2D eigenvalue weighted by Crippen LogP contribution is -2.37. The van der Waals surface area contributed by atoms with E-state index in [1.165, 1.54) is 12.3 Å². The van der Waals surface area contributed by atoms with Crippen molar-refractivity contribution < 1.29 is 13.2 Å². The van der Waals surface area contributed by atoms with Crippen molar-refractivity contribution in [2.45, 2.75) is 18.6 Å². The zero-order valence-electron chi connectivity index (χ0n) is 7.30. The van der Waals surface area contributed by atoms with Gasteiger partial charge < -0.3 is 5.32 Å². The van der Waals surface area contributed by atoms with E-state index < -0.39 is 11.7 Å². The molecule has 14 heavy (non-hydrogen) atoms. The van der Waals surface area contributed by atoms with Crippen molar-refractivity contribution in [3.8, 4) is 0 Å². The van der Waals surface area contributed by atoms with Crippen LogP contribution in [0.25, 0.3) is 0 Å². The molecule has 1 aliphatic rings. The Kier molecular flexibility index (Phi) is 2.19. The molecule has 1 aromatic rings. The topological polar surface area (TPSA) is 24.9 Å². The van der Waals surface area contributed by atoms with Crippen LogP contribution in [-0.2, 0) is 6.18 Å². The molecule has 1 N–H and O–H groups in total. The van der Waals surface area contributed by atoms with E-state index in [0.717, 1.165) is 19.0 Å². The van der Waals surface area contributed by atoms with Gasteiger partial charge in [0.2, 0.25) is 0 Å². The van der Waals surface area contributed by atoms with E-state index in [9.17, 15) is 13.2 Å². The Balaban J connectivity index is 2.38. The highest BCUT2D eigenvalue weighted by atomic mass is 19.4. The molecule has 76 valence electrons. The molecule has 1 unspecified atom stereocenters. The largest absolute Gasteiger partial charge is 0.418 e. The lowest BCUT2D eigenvalue weighted by atomic mass is 9.98. The number of halogens is 3. The molecule has 1 fully saturated rings. The molecule has 0 bridgehead atoms. The van der Waals surface area contributed by atoms with Gasteiger partial charge in [-0.05, 0) is 25.1 Å². The molecule has 2 heterocycles. The number of nitrogens with one attached hydrogen (secondary N) is 1. The van der Waals surface area contributed by atoms with Gasteiger partial charge in [-0.3, -0.25) is 4.98 Å². The third-order valence-electron chi connectivity index (χ3n) is 2.30. The number of alkyl halides is 3. The zero-order valence-corrected chi connectivity index (χ0v) is 7.30. The summed E-state index contributed by atoms with van der Waals surface area (Å²) in [6.07, 6.45) is -2.19. The van der Waals surface area contributed by atoms with Gasteiger partial charge in [-0.25, -0.2) is 0 Å². The first-order valence-electron chi connectivity index (χ1n) is 4.34. The summed E-state index contributed by atoms with van der Waals surface area (Å²) in [5.74, 6) is 0. The second-order valence-corrected chi connectivity index (χ2v) is 3.23. The van der Waals surface area contributed by atoms with Crippen LogP contribution in [0.15, 0.2) is 18.3 Å². The van der Waals surface area contributed by atoms with Crippen LogP contribution in [0.4, 0.5) is 13.2 Å². The number of aromatic nitrogens is 1. The molecule has 1 aliphatic heterocycles. The van der Waals surface area contributed by atoms with Crippen LogP contribution in [-0.4, -0.2) is 11.5 Å². The van der Waals surface area contributed by atoms with E-state index in [-0.39, 0.29) is 11.7 Å². The normalized spacial score (nSPS) is 21.8. The number of hydrogen-bond donors (Lipinski definition) is 1. The van der Waals surface area contributed by atoms with Gasteiger partial charge in [-0.15, -0.1) is 0 Å². The molecule has 2 rings (SSSR count). The Morgan fingerprint density at radius 2 is 2.14 bits per heavy atom. The summed E-state index contributed by atoms with van der Waals surface area (Å²) in [7, 11) is 0. The molecule has 0 spiro atoms. The lowest BCUT2D eigenvalue weighted by molar-refractivity contribution is -0.139. The Morgan fingerprint density at radius 1 is 1.43 bits per heavy atom. The zero-order chi connectivity index (χ0) is 10.2. The minimum absolute atomic E-state index is 0.117. The number of hydrogen-bond acceptors (Lipinski definition) is 2. The maximum Gasteiger partial charge on any atom is 0.418 e. The minimum atomic E-state index is -4.30. The summed E-state index contributed by atoms with van der Waals surface area (Å²) in [6, 6.07) is 2.15. The van der Waals surface area contributed by atoms with Crippen LogP contribution < -0.4 is 5.32 Å². The van der Waals surface area contributed by atoms with E-state index in [4.69, 9.17) is 0 Å². The van der Waals surface area contributed by atoms with Crippen molar-refractivity contribution in [2.24, 2.45) is 0 Å². The quantitative estimate of drug-likeness (QED) is 0.754. The first-order valence-corrected chi connectivity index (χ1v) is 4.34. The molecule has 1 aromatic heterocycles. The van der Waals surface area contributed by atoms with Crippen LogP contribution in [0, 0.1) is 0 Å². The van der Waals surface area contributed by atoms with Crippen molar-refractivity contribution in [1.82, 2.24) is 10.3 Å². The van der Waals surface area contributed by atoms with E-state index in [1.54, 1.807) is 0 Å². The molecule has 0 aromatic carbocycles. The smallest absolute Gasteiger partial charge is 0.309 e. The van der Waals surface area contributed by atoms with Crippen molar-refractivity contribution >= 4 is 0 Å². The fourth-order valence-electron chi connectivity index (χ4n) is 1.46. The highest BCUT2D eigenvalue weighted by Crippen LogP contribution is 2.35. The summed E-state index contributed by atoms with van der Waals surface area (Å²) >= 11 is 0. The van der Waals surface area contributed by atoms with Crippen molar-refractivity contribution in [1.29, 1.82) is 0 Å². The van der Waals surface area contributed by atoms with Crippen molar-refractivity contribution in [3.63, 3.8) is 0 Å². The average molecular weight is 202 g/mol. The fraction of sp³-hybridized carbons (Fsp3) is 0.444. The van der Waals surface area contributed by atoms with Gasteiger partial charge in [0.1, 0.15) is 0 Å². The molecule has 2 nitrogen and oxygen atoms in total. The monoisotopic (exact) mass is 202 g/mol. The molecule has 0 aliphatic carbocycles. The van der Waals surface area contributed by atoms with Gasteiger partial charge in [0.15, 0.2) is 0 Å². The predicted molar refractivity (Wildman–Crippen MR) is 44.6 cm³/mol. The Hall–Kier alpha value is -1.10. The average Bonchev–Trinajstić information content (AvgIpc) is 2.00. The van der Waals surface area contributed by atoms with E-state index in [1.807, 2.05) is 0 Å². The van der Waals surface area contributed by atoms with Gasteiger partial charge in [-0.2, -0.15) is 13.2 Å². The maximum absolute atomic E-state index is 12.5. The first kappa shape index (κ1) is 9.45. The van der Waals surface area contributed by atoms with Crippen molar-refractivity contribution in [2.75, 3.05) is 6.54 Å². The van der Waals surface area contributed by atoms with Gasteiger partial charge in [-0.1, -0.05) is 0 Å². The minimum Gasteiger partial charge on any atom is -0.309 e. The Bertz CT molecular complexity index is 331. The predicted octanol–water partition coefficient (Wildman–Crippen LogP) is 2.13. The molecule has 0 amide bonds. The molecular weight excluding hydrogens is 193 g/mol. The summed E-state index contributed by atoms with van der Waals surface area (Å²) < 4.78 is 37.5.